The fourth-order valence-corrected chi connectivity index (χ4v) is 4.34. The van der Waals surface area contributed by atoms with Gasteiger partial charge in [-0.05, 0) is 37.5 Å². The van der Waals surface area contributed by atoms with Crippen LogP contribution in [0, 0.1) is 11.3 Å². The van der Waals surface area contributed by atoms with Crippen molar-refractivity contribution in [3.63, 3.8) is 0 Å². The Morgan fingerprint density at radius 1 is 1.23 bits per heavy atom. The van der Waals surface area contributed by atoms with Gasteiger partial charge in [0.15, 0.2) is 0 Å². The number of nitriles is 1. The minimum Gasteiger partial charge on any atom is -0.195 e. The first-order chi connectivity index (χ1) is 10.5. The van der Waals surface area contributed by atoms with E-state index in [2.05, 4.69) is 6.07 Å². The first-order valence-corrected chi connectivity index (χ1v) is 9.09. The maximum absolute atomic E-state index is 12.8. The highest BCUT2D eigenvalue weighted by atomic mass is 32.2. The van der Waals surface area contributed by atoms with Crippen molar-refractivity contribution in [2.75, 3.05) is 20.1 Å². The molecule has 0 spiro atoms. The summed E-state index contributed by atoms with van der Waals surface area (Å²) >= 11 is 0. The zero-order valence-corrected chi connectivity index (χ0v) is 14.0. The molecule has 1 aliphatic heterocycles. The van der Waals surface area contributed by atoms with Crippen molar-refractivity contribution in [3.05, 3.63) is 35.4 Å². The molecule has 1 aliphatic rings. The van der Waals surface area contributed by atoms with Crippen LogP contribution in [0.25, 0.3) is 0 Å². The van der Waals surface area contributed by atoms with E-state index in [9.17, 15) is 8.42 Å². The van der Waals surface area contributed by atoms with Crippen molar-refractivity contribution >= 4 is 10.2 Å². The third-order valence-corrected chi connectivity index (χ3v) is 6.36. The van der Waals surface area contributed by atoms with E-state index in [0.29, 0.717) is 18.7 Å². The van der Waals surface area contributed by atoms with E-state index in [1.165, 1.54) is 4.31 Å². The van der Waals surface area contributed by atoms with Crippen LogP contribution in [0.2, 0.25) is 0 Å². The highest BCUT2D eigenvalue weighted by Crippen LogP contribution is 2.25. The van der Waals surface area contributed by atoms with Gasteiger partial charge >= 0.3 is 0 Å². The molecule has 1 atom stereocenters. The highest BCUT2D eigenvalue weighted by molar-refractivity contribution is 7.86. The van der Waals surface area contributed by atoms with Gasteiger partial charge in [0.05, 0.1) is 11.6 Å². The Kier molecular flexibility index (Phi) is 5.57. The summed E-state index contributed by atoms with van der Waals surface area (Å²) in [6.07, 6.45) is 4.03. The van der Waals surface area contributed by atoms with Gasteiger partial charge in [0.25, 0.3) is 10.2 Å². The van der Waals surface area contributed by atoms with Crippen LogP contribution in [-0.4, -0.2) is 37.2 Å². The fraction of sp³-hybridized carbons (Fsp3) is 0.562. The molecule has 1 aromatic carbocycles. The maximum Gasteiger partial charge on any atom is 0.282 e. The van der Waals surface area contributed by atoms with Gasteiger partial charge in [-0.25, -0.2) is 0 Å². The van der Waals surface area contributed by atoms with E-state index in [1.54, 1.807) is 29.6 Å². The molecular formula is C16H23N3O2S. The van der Waals surface area contributed by atoms with Crippen LogP contribution in [0.3, 0.4) is 0 Å². The normalized spacial score (nSPS) is 18.6. The lowest BCUT2D eigenvalue weighted by atomic mass is 10.1. The number of hydrogen-bond acceptors (Lipinski definition) is 3. The standard InChI is InChI=1S/C16H23N3O2S/c1-14(16-9-7-8-15(12-16)13-17)18(2)22(20,21)19-10-5-3-4-6-11-19/h7-9,12,14H,3-6,10-11H2,1-2H3. The summed E-state index contributed by atoms with van der Waals surface area (Å²) in [4.78, 5) is 0. The SMILES string of the molecule is CC(c1cccc(C#N)c1)N(C)S(=O)(=O)N1CCCCCC1. The van der Waals surface area contributed by atoms with Crippen molar-refractivity contribution in [2.24, 2.45) is 0 Å². The lowest BCUT2D eigenvalue weighted by molar-refractivity contribution is 0.332. The molecule has 1 saturated heterocycles. The summed E-state index contributed by atoms with van der Waals surface area (Å²) in [5.41, 5.74) is 1.38. The van der Waals surface area contributed by atoms with Gasteiger partial charge in [-0.15, -0.1) is 0 Å². The van der Waals surface area contributed by atoms with Gasteiger partial charge in [0, 0.05) is 26.2 Å². The average molecular weight is 321 g/mol. The van der Waals surface area contributed by atoms with Crippen LogP contribution in [0.5, 0.6) is 0 Å². The summed E-state index contributed by atoms with van der Waals surface area (Å²) < 4.78 is 28.6. The molecule has 0 radical (unpaired) electrons. The molecule has 0 saturated carbocycles. The molecule has 0 bridgehead atoms. The van der Waals surface area contributed by atoms with Crippen molar-refractivity contribution in [3.8, 4) is 6.07 Å². The van der Waals surface area contributed by atoms with Gasteiger partial charge in [0.2, 0.25) is 0 Å². The van der Waals surface area contributed by atoms with Crippen LogP contribution in [-0.2, 0) is 10.2 Å². The Morgan fingerprint density at radius 3 is 2.45 bits per heavy atom. The number of benzene rings is 1. The van der Waals surface area contributed by atoms with Crippen molar-refractivity contribution in [1.29, 1.82) is 5.26 Å². The largest absolute Gasteiger partial charge is 0.282 e. The third kappa shape index (κ3) is 3.67. The molecule has 1 unspecified atom stereocenters. The predicted molar refractivity (Wildman–Crippen MR) is 86.3 cm³/mol. The van der Waals surface area contributed by atoms with Gasteiger partial charge < -0.3 is 0 Å². The second-order valence-electron chi connectivity index (χ2n) is 5.75. The molecule has 0 amide bonds. The molecule has 2 rings (SSSR count). The van der Waals surface area contributed by atoms with E-state index in [1.807, 2.05) is 13.0 Å². The van der Waals surface area contributed by atoms with Crippen molar-refractivity contribution < 1.29 is 8.42 Å². The van der Waals surface area contributed by atoms with E-state index in [0.717, 1.165) is 31.2 Å². The topological polar surface area (TPSA) is 64.4 Å². The fourth-order valence-electron chi connectivity index (χ4n) is 2.73. The average Bonchev–Trinajstić information content (AvgIpc) is 2.83. The lowest BCUT2D eigenvalue weighted by Gasteiger charge is -2.30. The number of hydrogen-bond donors (Lipinski definition) is 0. The smallest absolute Gasteiger partial charge is 0.195 e. The van der Waals surface area contributed by atoms with E-state index in [-0.39, 0.29) is 6.04 Å². The van der Waals surface area contributed by atoms with Crippen LogP contribution < -0.4 is 0 Å². The molecule has 1 aromatic rings. The highest BCUT2D eigenvalue weighted by Gasteiger charge is 2.31. The quantitative estimate of drug-likeness (QED) is 0.856. The van der Waals surface area contributed by atoms with Crippen molar-refractivity contribution in [1.82, 2.24) is 8.61 Å². The van der Waals surface area contributed by atoms with Gasteiger partial charge in [-0.2, -0.15) is 22.3 Å². The molecule has 5 nitrogen and oxygen atoms in total. The Hall–Kier alpha value is -1.42. The summed E-state index contributed by atoms with van der Waals surface area (Å²) in [6, 6.07) is 8.91. The monoisotopic (exact) mass is 321 g/mol. The van der Waals surface area contributed by atoms with Crippen LogP contribution >= 0.6 is 0 Å². The summed E-state index contributed by atoms with van der Waals surface area (Å²) in [6.45, 7) is 3.04. The summed E-state index contributed by atoms with van der Waals surface area (Å²) in [5, 5.41) is 8.99. The molecule has 22 heavy (non-hydrogen) atoms. The first-order valence-electron chi connectivity index (χ1n) is 7.70. The Morgan fingerprint density at radius 2 is 1.86 bits per heavy atom. The Bertz CT molecular complexity index is 644. The molecule has 0 aliphatic carbocycles. The Labute approximate surface area is 133 Å². The van der Waals surface area contributed by atoms with E-state index < -0.39 is 10.2 Å². The lowest BCUT2D eigenvalue weighted by Crippen LogP contribution is -2.43. The van der Waals surface area contributed by atoms with Gasteiger partial charge in [-0.1, -0.05) is 25.0 Å². The molecule has 1 heterocycles. The maximum atomic E-state index is 12.8. The van der Waals surface area contributed by atoms with Crippen LogP contribution in [0.1, 0.15) is 49.8 Å². The van der Waals surface area contributed by atoms with Crippen LogP contribution in [0.4, 0.5) is 0 Å². The summed E-state index contributed by atoms with van der Waals surface area (Å²) in [5.74, 6) is 0. The predicted octanol–water partition coefficient (Wildman–Crippen LogP) is 2.67. The second kappa shape index (κ2) is 7.23. The van der Waals surface area contributed by atoms with E-state index in [4.69, 9.17) is 5.26 Å². The third-order valence-electron chi connectivity index (χ3n) is 4.30. The second-order valence-corrected chi connectivity index (χ2v) is 7.74. The van der Waals surface area contributed by atoms with Crippen LogP contribution in [0.15, 0.2) is 24.3 Å². The number of rotatable bonds is 4. The first kappa shape index (κ1) is 16.9. The molecule has 0 N–H and O–H groups in total. The molecule has 6 heteroatoms. The zero-order chi connectivity index (χ0) is 16.2. The molecular weight excluding hydrogens is 298 g/mol. The van der Waals surface area contributed by atoms with Gasteiger partial charge in [-0.3, -0.25) is 0 Å². The molecule has 0 aromatic heterocycles. The number of nitrogens with zero attached hydrogens (tertiary/aromatic N) is 3. The minimum absolute atomic E-state index is 0.304. The van der Waals surface area contributed by atoms with E-state index >= 15 is 0 Å². The van der Waals surface area contributed by atoms with Gasteiger partial charge in [0.1, 0.15) is 0 Å². The minimum atomic E-state index is -3.47. The molecule has 120 valence electrons. The summed E-state index contributed by atoms with van der Waals surface area (Å²) in [7, 11) is -1.85. The molecule has 1 fully saturated rings. The van der Waals surface area contributed by atoms with Crippen molar-refractivity contribution in [2.45, 2.75) is 38.6 Å². The Balaban J connectivity index is 2.21. The zero-order valence-electron chi connectivity index (χ0n) is 13.2.